The van der Waals surface area contributed by atoms with Crippen LogP contribution in [0.4, 0.5) is 10.5 Å². The minimum absolute atomic E-state index is 0.104. The molecule has 1 amide bonds. The molecule has 1 aromatic rings. The average molecular weight is 331 g/mol. The van der Waals surface area contributed by atoms with Crippen molar-refractivity contribution in [3.05, 3.63) is 17.8 Å². The molecule has 2 rings (SSSR count). The van der Waals surface area contributed by atoms with Gasteiger partial charge < -0.3 is 20.1 Å². The third-order valence-corrected chi connectivity index (χ3v) is 3.60. The highest BCUT2D eigenvalue weighted by atomic mass is 16.6. The summed E-state index contributed by atoms with van der Waals surface area (Å²) in [7, 11) is 1.54. The number of anilines is 1. The molecule has 24 heavy (non-hydrogen) atoms. The molecule has 0 spiro atoms. The van der Waals surface area contributed by atoms with Crippen LogP contribution in [0, 0.1) is 17.8 Å². The number of carbonyl (C=O) groups excluding carboxylic acids is 1. The number of methoxy groups -OCH3 is 1. The van der Waals surface area contributed by atoms with Crippen molar-refractivity contribution in [2.24, 2.45) is 5.92 Å². The Morgan fingerprint density at radius 1 is 1.46 bits per heavy atom. The third kappa shape index (κ3) is 5.05. The first-order valence-corrected chi connectivity index (χ1v) is 8.07. The van der Waals surface area contributed by atoms with E-state index in [1.165, 1.54) is 0 Å². The highest BCUT2D eigenvalue weighted by Crippen LogP contribution is 2.20. The predicted octanol–water partition coefficient (Wildman–Crippen LogP) is 2.67. The van der Waals surface area contributed by atoms with Gasteiger partial charge in [-0.2, -0.15) is 0 Å². The highest BCUT2D eigenvalue weighted by molar-refractivity contribution is 5.68. The molecule has 0 saturated carbocycles. The summed E-state index contributed by atoms with van der Waals surface area (Å²) in [6.45, 7) is 6.88. The van der Waals surface area contributed by atoms with Crippen molar-refractivity contribution in [2.45, 2.75) is 39.2 Å². The van der Waals surface area contributed by atoms with Gasteiger partial charge in [0, 0.05) is 31.3 Å². The van der Waals surface area contributed by atoms with E-state index >= 15 is 0 Å². The number of carbonyl (C=O) groups is 1. The number of hydrogen-bond donors (Lipinski definition) is 1. The fourth-order valence-corrected chi connectivity index (χ4v) is 2.43. The Labute approximate surface area is 143 Å². The van der Waals surface area contributed by atoms with Crippen molar-refractivity contribution >= 4 is 11.8 Å². The fourth-order valence-electron chi connectivity index (χ4n) is 2.43. The van der Waals surface area contributed by atoms with Gasteiger partial charge >= 0.3 is 6.09 Å². The van der Waals surface area contributed by atoms with Gasteiger partial charge in [-0.05, 0) is 33.6 Å². The number of piperidine rings is 1. The summed E-state index contributed by atoms with van der Waals surface area (Å²) in [5.74, 6) is 6.84. The average Bonchev–Trinajstić information content (AvgIpc) is 2.52. The molecule has 130 valence electrons. The molecule has 0 radical (unpaired) electrons. The van der Waals surface area contributed by atoms with Crippen LogP contribution in [0.5, 0.6) is 5.88 Å². The molecule has 2 heterocycles. The topological polar surface area (TPSA) is 77.7 Å². The Morgan fingerprint density at radius 3 is 2.83 bits per heavy atom. The lowest BCUT2D eigenvalue weighted by molar-refractivity contribution is 0.0190. The molecule has 6 heteroatoms. The SMILES string of the molecule is COc1cc(N)c(C#C[C@@H]2CCCN(C(=O)OC(C)(C)C)C2)cn1. The van der Waals surface area contributed by atoms with Crippen molar-refractivity contribution in [3.8, 4) is 17.7 Å². The number of nitrogen functional groups attached to an aromatic ring is 1. The van der Waals surface area contributed by atoms with Crippen LogP contribution in [0.2, 0.25) is 0 Å². The summed E-state index contributed by atoms with van der Waals surface area (Å²) in [6, 6.07) is 1.65. The first-order chi connectivity index (χ1) is 11.3. The molecule has 0 bridgehead atoms. The Bertz CT molecular complexity index is 656. The number of rotatable bonds is 1. The maximum atomic E-state index is 12.2. The Balaban J connectivity index is 2.02. The lowest BCUT2D eigenvalue weighted by atomic mass is 9.98. The maximum absolute atomic E-state index is 12.2. The summed E-state index contributed by atoms with van der Waals surface area (Å²) in [5.41, 5.74) is 6.67. The van der Waals surface area contributed by atoms with Crippen LogP contribution < -0.4 is 10.5 Å². The first-order valence-electron chi connectivity index (χ1n) is 8.07. The molecule has 1 fully saturated rings. The minimum atomic E-state index is -0.487. The van der Waals surface area contributed by atoms with Gasteiger partial charge in [-0.3, -0.25) is 0 Å². The number of likely N-dealkylation sites (tertiary alicyclic amines) is 1. The molecule has 1 atom stereocenters. The molecule has 6 nitrogen and oxygen atoms in total. The minimum Gasteiger partial charge on any atom is -0.481 e. The van der Waals surface area contributed by atoms with Gasteiger partial charge in [0.2, 0.25) is 5.88 Å². The largest absolute Gasteiger partial charge is 0.481 e. The van der Waals surface area contributed by atoms with Crippen molar-refractivity contribution in [3.63, 3.8) is 0 Å². The molecule has 1 saturated heterocycles. The highest BCUT2D eigenvalue weighted by Gasteiger charge is 2.26. The number of nitrogens with two attached hydrogens (primary N) is 1. The second kappa shape index (κ2) is 7.43. The van der Waals surface area contributed by atoms with Crippen LogP contribution in [0.25, 0.3) is 0 Å². The van der Waals surface area contributed by atoms with Gasteiger partial charge in [0.1, 0.15) is 5.60 Å². The van der Waals surface area contributed by atoms with Gasteiger partial charge in [0.15, 0.2) is 0 Å². The molecule has 0 aliphatic carbocycles. The lowest BCUT2D eigenvalue weighted by Gasteiger charge is -2.32. The third-order valence-electron chi connectivity index (χ3n) is 3.60. The second-order valence-corrected chi connectivity index (χ2v) is 6.85. The smallest absolute Gasteiger partial charge is 0.410 e. The van der Waals surface area contributed by atoms with Gasteiger partial charge in [-0.25, -0.2) is 9.78 Å². The summed E-state index contributed by atoms with van der Waals surface area (Å²) in [4.78, 5) is 18.0. The fraction of sp³-hybridized carbons (Fsp3) is 0.556. The zero-order chi connectivity index (χ0) is 17.7. The summed E-state index contributed by atoms with van der Waals surface area (Å²) in [5, 5.41) is 0. The van der Waals surface area contributed by atoms with Gasteiger partial charge in [-0.15, -0.1) is 0 Å². The van der Waals surface area contributed by atoms with Crippen molar-refractivity contribution < 1.29 is 14.3 Å². The number of aromatic nitrogens is 1. The summed E-state index contributed by atoms with van der Waals surface area (Å²) >= 11 is 0. The van der Waals surface area contributed by atoms with E-state index in [0.29, 0.717) is 30.2 Å². The van der Waals surface area contributed by atoms with E-state index in [0.717, 1.165) is 12.8 Å². The van der Waals surface area contributed by atoms with Crippen LogP contribution in [-0.4, -0.2) is 41.8 Å². The Kier molecular flexibility index (Phi) is 5.55. The predicted molar refractivity (Wildman–Crippen MR) is 92.6 cm³/mol. The monoisotopic (exact) mass is 331 g/mol. The van der Waals surface area contributed by atoms with Crippen molar-refractivity contribution in [2.75, 3.05) is 25.9 Å². The second-order valence-electron chi connectivity index (χ2n) is 6.85. The van der Waals surface area contributed by atoms with E-state index in [2.05, 4.69) is 16.8 Å². The van der Waals surface area contributed by atoms with Crippen LogP contribution in [-0.2, 0) is 4.74 Å². The Hall–Kier alpha value is -2.42. The summed E-state index contributed by atoms with van der Waals surface area (Å²) in [6.07, 6.45) is 3.19. The number of amides is 1. The van der Waals surface area contributed by atoms with Crippen LogP contribution in [0.3, 0.4) is 0 Å². The number of hydrogen-bond acceptors (Lipinski definition) is 5. The zero-order valence-corrected chi connectivity index (χ0v) is 14.8. The quantitative estimate of drug-likeness (QED) is 0.801. The molecule has 0 aromatic carbocycles. The van der Waals surface area contributed by atoms with Crippen LogP contribution >= 0.6 is 0 Å². The lowest BCUT2D eigenvalue weighted by Crippen LogP contribution is -2.42. The van der Waals surface area contributed by atoms with E-state index < -0.39 is 5.60 Å². The number of pyridine rings is 1. The van der Waals surface area contributed by atoms with E-state index in [4.69, 9.17) is 15.2 Å². The maximum Gasteiger partial charge on any atom is 0.410 e. The van der Waals surface area contributed by atoms with E-state index in [-0.39, 0.29) is 12.0 Å². The normalized spacial score (nSPS) is 17.7. The molecule has 1 aliphatic rings. The van der Waals surface area contributed by atoms with E-state index in [1.807, 2.05) is 20.8 Å². The number of ether oxygens (including phenoxy) is 2. The zero-order valence-electron chi connectivity index (χ0n) is 14.8. The molecular weight excluding hydrogens is 306 g/mol. The van der Waals surface area contributed by atoms with E-state index in [9.17, 15) is 4.79 Å². The molecule has 1 aliphatic heterocycles. The van der Waals surface area contributed by atoms with Gasteiger partial charge in [-0.1, -0.05) is 11.8 Å². The van der Waals surface area contributed by atoms with Gasteiger partial charge in [0.05, 0.1) is 18.4 Å². The molecule has 1 aromatic heterocycles. The van der Waals surface area contributed by atoms with Gasteiger partial charge in [0.25, 0.3) is 0 Å². The van der Waals surface area contributed by atoms with E-state index in [1.54, 1.807) is 24.3 Å². The standard InChI is InChI=1S/C18H25N3O3/c1-18(2,3)24-17(22)21-9-5-6-13(12-21)7-8-14-11-20-16(23-4)10-15(14)19/h10-11,13H,5-6,9,12H2,1-4H3,(H2,19,20)/t13-/m0/s1. The first kappa shape index (κ1) is 17.9. The van der Waals surface area contributed by atoms with Crippen molar-refractivity contribution in [1.82, 2.24) is 9.88 Å². The Morgan fingerprint density at radius 2 is 2.21 bits per heavy atom. The number of nitrogens with zero attached hydrogens (tertiary/aromatic N) is 2. The molecule has 2 N–H and O–H groups in total. The van der Waals surface area contributed by atoms with Crippen LogP contribution in [0.15, 0.2) is 12.3 Å². The van der Waals surface area contributed by atoms with Crippen molar-refractivity contribution in [1.29, 1.82) is 0 Å². The van der Waals surface area contributed by atoms with Crippen LogP contribution in [0.1, 0.15) is 39.2 Å². The summed E-state index contributed by atoms with van der Waals surface area (Å²) < 4.78 is 10.5. The molecule has 0 unspecified atom stereocenters. The molecular formula is C18H25N3O3.